The second-order valence-electron chi connectivity index (χ2n) is 4.38. The molecule has 2 aromatic carbocycles. The van der Waals surface area contributed by atoms with Crippen LogP contribution in [0.2, 0.25) is 0 Å². The van der Waals surface area contributed by atoms with Gasteiger partial charge in [-0.15, -0.1) is 11.3 Å². The van der Waals surface area contributed by atoms with Crippen LogP contribution < -0.4 is 5.32 Å². The standard InChI is InChI=1S/C17H15NS/c1-2-5-14(6-3-1)15-8-10-16(11-9-15)18-13-17-7-4-12-19-17/h1-12,18H,13H2. The number of thiophene rings is 1. The van der Waals surface area contributed by atoms with Gasteiger partial charge in [-0.3, -0.25) is 0 Å². The molecule has 1 N–H and O–H groups in total. The number of rotatable bonds is 4. The van der Waals surface area contributed by atoms with Crippen LogP contribution in [0.25, 0.3) is 11.1 Å². The molecule has 1 aromatic heterocycles. The van der Waals surface area contributed by atoms with Crippen molar-refractivity contribution in [1.29, 1.82) is 0 Å². The van der Waals surface area contributed by atoms with E-state index < -0.39 is 0 Å². The first-order valence-corrected chi connectivity index (χ1v) is 7.21. The first-order chi connectivity index (χ1) is 9.42. The lowest BCUT2D eigenvalue weighted by molar-refractivity contribution is 1.19. The van der Waals surface area contributed by atoms with Gasteiger partial charge in [0.2, 0.25) is 0 Å². The Bertz CT molecular complexity index is 612. The van der Waals surface area contributed by atoms with E-state index in [0.717, 1.165) is 12.2 Å². The normalized spacial score (nSPS) is 10.3. The van der Waals surface area contributed by atoms with Crippen molar-refractivity contribution in [3.63, 3.8) is 0 Å². The third kappa shape index (κ3) is 3.04. The number of benzene rings is 2. The summed E-state index contributed by atoms with van der Waals surface area (Å²) < 4.78 is 0. The maximum absolute atomic E-state index is 3.44. The van der Waals surface area contributed by atoms with E-state index in [2.05, 4.69) is 71.4 Å². The Hall–Kier alpha value is -2.06. The van der Waals surface area contributed by atoms with Gasteiger partial charge in [0.1, 0.15) is 0 Å². The molecule has 0 aliphatic heterocycles. The molecule has 2 heteroatoms. The van der Waals surface area contributed by atoms with Gasteiger partial charge >= 0.3 is 0 Å². The van der Waals surface area contributed by atoms with Gasteiger partial charge < -0.3 is 5.32 Å². The van der Waals surface area contributed by atoms with Crippen LogP contribution >= 0.6 is 11.3 Å². The molecule has 0 aliphatic carbocycles. The van der Waals surface area contributed by atoms with Crippen molar-refractivity contribution >= 4 is 17.0 Å². The van der Waals surface area contributed by atoms with Gasteiger partial charge in [0.25, 0.3) is 0 Å². The first kappa shape index (κ1) is 12.0. The summed E-state index contributed by atoms with van der Waals surface area (Å²) in [6.45, 7) is 0.891. The monoisotopic (exact) mass is 265 g/mol. The number of hydrogen-bond acceptors (Lipinski definition) is 2. The molecule has 3 rings (SSSR count). The van der Waals surface area contributed by atoms with Crippen molar-refractivity contribution < 1.29 is 0 Å². The van der Waals surface area contributed by atoms with E-state index in [1.165, 1.54) is 16.0 Å². The summed E-state index contributed by atoms with van der Waals surface area (Å²) in [5.41, 5.74) is 3.67. The van der Waals surface area contributed by atoms with E-state index in [1.807, 2.05) is 6.07 Å². The number of anilines is 1. The minimum atomic E-state index is 0.891. The molecule has 0 spiro atoms. The molecule has 0 aliphatic rings. The largest absolute Gasteiger partial charge is 0.380 e. The van der Waals surface area contributed by atoms with Gasteiger partial charge in [-0.2, -0.15) is 0 Å². The third-order valence-corrected chi connectivity index (χ3v) is 3.92. The van der Waals surface area contributed by atoms with E-state index in [9.17, 15) is 0 Å². The number of hydrogen-bond donors (Lipinski definition) is 1. The number of nitrogens with one attached hydrogen (secondary N) is 1. The molecule has 19 heavy (non-hydrogen) atoms. The Balaban J connectivity index is 1.69. The zero-order valence-electron chi connectivity index (χ0n) is 10.5. The molecule has 3 aromatic rings. The lowest BCUT2D eigenvalue weighted by Gasteiger charge is -2.06. The van der Waals surface area contributed by atoms with Gasteiger partial charge in [-0.1, -0.05) is 48.5 Å². The molecule has 0 unspecified atom stereocenters. The third-order valence-electron chi connectivity index (χ3n) is 3.04. The van der Waals surface area contributed by atoms with Crippen molar-refractivity contribution in [3.05, 3.63) is 77.0 Å². The highest BCUT2D eigenvalue weighted by molar-refractivity contribution is 7.09. The van der Waals surface area contributed by atoms with Crippen LogP contribution in [0.4, 0.5) is 5.69 Å². The van der Waals surface area contributed by atoms with E-state index in [1.54, 1.807) is 11.3 Å². The molecule has 0 saturated carbocycles. The van der Waals surface area contributed by atoms with Crippen LogP contribution in [0, 0.1) is 0 Å². The minimum absolute atomic E-state index is 0.891. The molecule has 1 heterocycles. The molecule has 1 nitrogen and oxygen atoms in total. The maximum atomic E-state index is 3.44. The zero-order chi connectivity index (χ0) is 12.9. The average Bonchev–Trinajstić information content (AvgIpc) is 3.00. The summed E-state index contributed by atoms with van der Waals surface area (Å²) in [5, 5.41) is 5.54. The zero-order valence-corrected chi connectivity index (χ0v) is 11.4. The van der Waals surface area contributed by atoms with Crippen molar-refractivity contribution in [2.45, 2.75) is 6.54 Å². The molecular formula is C17H15NS. The van der Waals surface area contributed by atoms with E-state index in [4.69, 9.17) is 0 Å². The highest BCUT2D eigenvalue weighted by Crippen LogP contribution is 2.21. The second kappa shape index (κ2) is 5.72. The van der Waals surface area contributed by atoms with Crippen LogP contribution in [-0.2, 0) is 6.54 Å². The van der Waals surface area contributed by atoms with Crippen LogP contribution in [0.15, 0.2) is 72.1 Å². The van der Waals surface area contributed by atoms with Crippen LogP contribution in [-0.4, -0.2) is 0 Å². The van der Waals surface area contributed by atoms with Crippen molar-refractivity contribution in [2.75, 3.05) is 5.32 Å². The van der Waals surface area contributed by atoms with Gasteiger partial charge in [0, 0.05) is 17.1 Å². The molecule has 94 valence electrons. The highest BCUT2D eigenvalue weighted by atomic mass is 32.1. The summed E-state index contributed by atoms with van der Waals surface area (Å²) in [6, 6.07) is 23.3. The van der Waals surface area contributed by atoms with Gasteiger partial charge in [-0.25, -0.2) is 0 Å². The topological polar surface area (TPSA) is 12.0 Å². The van der Waals surface area contributed by atoms with Gasteiger partial charge in [-0.05, 0) is 34.7 Å². The van der Waals surface area contributed by atoms with Crippen molar-refractivity contribution in [3.8, 4) is 11.1 Å². The van der Waals surface area contributed by atoms with E-state index in [-0.39, 0.29) is 0 Å². The molecule has 0 atom stereocenters. The Morgan fingerprint density at radius 1 is 0.737 bits per heavy atom. The van der Waals surface area contributed by atoms with Crippen LogP contribution in [0.5, 0.6) is 0 Å². The molecular weight excluding hydrogens is 250 g/mol. The molecule has 0 amide bonds. The summed E-state index contributed by atoms with van der Waals surface area (Å²) in [6.07, 6.45) is 0. The molecule has 0 bridgehead atoms. The first-order valence-electron chi connectivity index (χ1n) is 6.33. The molecule has 0 fully saturated rings. The van der Waals surface area contributed by atoms with Gasteiger partial charge in [0.05, 0.1) is 0 Å². The minimum Gasteiger partial charge on any atom is -0.380 e. The highest BCUT2D eigenvalue weighted by Gasteiger charge is 1.98. The Morgan fingerprint density at radius 2 is 1.47 bits per heavy atom. The van der Waals surface area contributed by atoms with Crippen LogP contribution in [0.1, 0.15) is 4.88 Å². The Labute approximate surface area is 117 Å². The predicted molar refractivity (Wildman–Crippen MR) is 83.5 cm³/mol. The summed E-state index contributed by atoms with van der Waals surface area (Å²) >= 11 is 1.78. The summed E-state index contributed by atoms with van der Waals surface area (Å²) in [5.74, 6) is 0. The van der Waals surface area contributed by atoms with Crippen molar-refractivity contribution in [2.24, 2.45) is 0 Å². The molecule has 0 saturated heterocycles. The van der Waals surface area contributed by atoms with E-state index in [0.29, 0.717) is 0 Å². The molecule has 0 radical (unpaired) electrons. The van der Waals surface area contributed by atoms with E-state index >= 15 is 0 Å². The quantitative estimate of drug-likeness (QED) is 0.698. The Morgan fingerprint density at radius 3 is 2.16 bits per heavy atom. The smallest absolute Gasteiger partial charge is 0.0494 e. The fourth-order valence-corrected chi connectivity index (χ4v) is 2.66. The second-order valence-corrected chi connectivity index (χ2v) is 5.41. The van der Waals surface area contributed by atoms with Crippen molar-refractivity contribution in [1.82, 2.24) is 0 Å². The predicted octanol–water partition coefficient (Wildman–Crippen LogP) is 5.03. The summed E-state index contributed by atoms with van der Waals surface area (Å²) in [4.78, 5) is 1.35. The fourth-order valence-electron chi connectivity index (χ4n) is 2.01. The van der Waals surface area contributed by atoms with Gasteiger partial charge in [0.15, 0.2) is 0 Å². The average molecular weight is 265 g/mol. The SMILES string of the molecule is c1ccc(-c2ccc(NCc3cccs3)cc2)cc1. The fraction of sp³-hybridized carbons (Fsp3) is 0.0588. The van der Waals surface area contributed by atoms with Crippen LogP contribution in [0.3, 0.4) is 0 Å². The Kier molecular flexibility index (Phi) is 3.61. The lowest BCUT2D eigenvalue weighted by atomic mass is 10.1. The maximum Gasteiger partial charge on any atom is 0.0494 e. The lowest BCUT2D eigenvalue weighted by Crippen LogP contribution is -1.96. The summed E-state index contributed by atoms with van der Waals surface area (Å²) in [7, 11) is 0.